The second kappa shape index (κ2) is 10.2. The fourth-order valence-electron chi connectivity index (χ4n) is 7.85. The molecule has 1 heterocycles. The van der Waals surface area contributed by atoms with E-state index in [0.717, 1.165) is 27.5 Å². The Labute approximate surface area is 271 Å². The maximum absolute atomic E-state index is 6.37. The van der Waals surface area contributed by atoms with Gasteiger partial charge in [0.15, 0.2) is 0 Å². The molecular formula is C46H28O. The molecular weight excluding hydrogens is 569 g/mol. The van der Waals surface area contributed by atoms with Gasteiger partial charge in [0, 0.05) is 10.8 Å². The first-order valence-electron chi connectivity index (χ1n) is 16.2. The van der Waals surface area contributed by atoms with Gasteiger partial charge in [0.2, 0.25) is 0 Å². The predicted octanol–water partition coefficient (Wildman–Crippen LogP) is 13.2. The van der Waals surface area contributed by atoms with Gasteiger partial charge in [-0.1, -0.05) is 152 Å². The highest BCUT2D eigenvalue weighted by Crippen LogP contribution is 2.47. The average molecular weight is 597 g/mol. The highest BCUT2D eigenvalue weighted by molar-refractivity contribution is 6.25. The van der Waals surface area contributed by atoms with Crippen LogP contribution in [0.15, 0.2) is 174 Å². The third-order valence-corrected chi connectivity index (χ3v) is 9.85. The summed E-state index contributed by atoms with van der Waals surface area (Å²) in [5, 5.41) is 12.3. The van der Waals surface area contributed by atoms with Crippen molar-refractivity contribution in [3.8, 4) is 33.4 Å². The third kappa shape index (κ3) is 3.90. The molecule has 0 atom stereocenters. The lowest BCUT2D eigenvalue weighted by molar-refractivity contribution is 0.669. The molecule has 0 saturated carbocycles. The highest BCUT2D eigenvalue weighted by Gasteiger charge is 2.20. The Morgan fingerprint density at radius 2 is 0.809 bits per heavy atom. The fourth-order valence-corrected chi connectivity index (χ4v) is 7.85. The van der Waals surface area contributed by atoms with Crippen molar-refractivity contribution in [1.82, 2.24) is 0 Å². The first-order chi connectivity index (χ1) is 23.3. The molecule has 0 unspecified atom stereocenters. The maximum atomic E-state index is 6.37. The summed E-state index contributed by atoms with van der Waals surface area (Å²) in [4.78, 5) is 0. The second-order valence-electron chi connectivity index (χ2n) is 12.4. The standard InChI is InChI=1S/C46H28O/c1-2-16-32-29(12-1)13-9-22-33(32)36-23-10-14-30-15-11-24-41(44(30)36)46-39-20-5-3-18-37(39)45(38-19-4-6-21-40(38)46)31-26-27-35-34-17-7-8-25-42(34)47-43(35)28-31/h1-28H. The Balaban J connectivity index is 1.31. The van der Waals surface area contributed by atoms with Gasteiger partial charge in [-0.3, -0.25) is 0 Å². The molecule has 0 spiro atoms. The lowest BCUT2D eigenvalue weighted by atomic mass is 9.83. The largest absolute Gasteiger partial charge is 0.456 e. The molecule has 0 aliphatic heterocycles. The predicted molar refractivity (Wildman–Crippen MR) is 200 cm³/mol. The summed E-state index contributed by atoms with van der Waals surface area (Å²) in [6, 6.07) is 61.6. The van der Waals surface area contributed by atoms with Crippen molar-refractivity contribution >= 4 is 65.0 Å². The van der Waals surface area contributed by atoms with Crippen molar-refractivity contribution < 1.29 is 4.42 Å². The number of hydrogen-bond acceptors (Lipinski definition) is 1. The summed E-state index contributed by atoms with van der Waals surface area (Å²) in [5.41, 5.74) is 9.24. The van der Waals surface area contributed by atoms with Crippen molar-refractivity contribution in [2.24, 2.45) is 0 Å². The Morgan fingerprint density at radius 1 is 0.298 bits per heavy atom. The van der Waals surface area contributed by atoms with Crippen LogP contribution in [0.25, 0.3) is 98.4 Å². The van der Waals surface area contributed by atoms with Crippen LogP contribution in [0.4, 0.5) is 0 Å². The van der Waals surface area contributed by atoms with Crippen LogP contribution >= 0.6 is 0 Å². The molecule has 1 aromatic heterocycles. The minimum Gasteiger partial charge on any atom is -0.456 e. The molecule has 0 N–H and O–H groups in total. The van der Waals surface area contributed by atoms with Crippen LogP contribution in [-0.2, 0) is 0 Å². The van der Waals surface area contributed by atoms with Gasteiger partial charge in [-0.15, -0.1) is 0 Å². The highest BCUT2D eigenvalue weighted by atomic mass is 16.3. The average Bonchev–Trinajstić information content (AvgIpc) is 3.51. The van der Waals surface area contributed by atoms with Crippen LogP contribution in [0.5, 0.6) is 0 Å². The number of para-hydroxylation sites is 1. The molecule has 1 heteroatoms. The van der Waals surface area contributed by atoms with Crippen LogP contribution < -0.4 is 0 Å². The van der Waals surface area contributed by atoms with E-state index in [1.54, 1.807) is 0 Å². The molecule has 1 nitrogen and oxygen atoms in total. The van der Waals surface area contributed by atoms with Crippen molar-refractivity contribution in [1.29, 1.82) is 0 Å². The number of hydrogen-bond donors (Lipinski definition) is 0. The molecule has 47 heavy (non-hydrogen) atoms. The zero-order chi connectivity index (χ0) is 30.9. The summed E-state index contributed by atoms with van der Waals surface area (Å²) < 4.78 is 6.37. The molecule has 0 bridgehead atoms. The van der Waals surface area contributed by atoms with E-state index in [9.17, 15) is 0 Å². The minimum atomic E-state index is 0.912. The summed E-state index contributed by atoms with van der Waals surface area (Å²) in [7, 11) is 0. The van der Waals surface area contributed by atoms with Crippen LogP contribution in [0.2, 0.25) is 0 Å². The quantitative estimate of drug-likeness (QED) is 0.185. The normalized spacial score (nSPS) is 11.8. The van der Waals surface area contributed by atoms with Gasteiger partial charge in [-0.05, 0) is 94.7 Å². The smallest absolute Gasteiger partial charge is 0.136 e. The Morgan fingerprint density at radius 3 is 1.53 bits per heavy atom. The number of rotatable bonds is 3. The van der Waals surface area contributed by atoms with E-state index in [-0.39, 0.29) is 0 Å². The Hall–Kier alpha value is -6.18. The van der Waals surface area contributed by atoms with Crippen molar-refractivity contribution in [3.63, 3.8) is 0 Å². The van der Waals surface area contributed by atoms with E-state index < -0.39 is 0 Å². The molecule has 10 rings (SSSR count). The first kappa shape index (κ1) is 26.1. The lowest BCUT2D eigenvalue weighted by Gasteiger charge is -2.20. The number of benzene rings is 9. The number of fused-ring (bicyclic) bond motifs is 7. The van der Waals surface area contributed by atoms with Gasteiger partial charge >= 0.3 is 0 Å². The summed E-state index contributed by atoms with van der Waals surface area (Å²) in [6.07, 6.45) is 0. The van der Waals surface area contributed by atoms with Crippen LogP contribution in [0, 0.1) is 0 Å². The topological polar surface area (TPSA) is 13.1 Å². The SMILES string of the molecule is c1ccc2c(-c3cccc4cccc(-c5c6ccccc6c(-c6ccc7c(c6)oc6ccccc67)c6ccccc56)c34)cccc2c1. The van der Waals surface area contributed by atoms with Gasteiger partial charge in [0.05, 0.1) is 0 Å². The molecule has 0 amide bonds. The molecule has 0 aliphatic rings. The van der Waals surface area contributed by atoms with Crippen LogP contribution in [0.3, 0.4) is 0 Å². The second-order valence-corrected chi connectivity index (χ2v) is 12.4. The van der Waals surface area contributed by atoms with Gasteiger partial charge in [0.25, 0.3) is 0 Å². The molecule has 9 aromatic carbocycles. The summed E-state index contributed by atoms with van der Waals surface area (Å²) >= 11 is 0. The molecule has 0 aliphatic carbocycles. The van der Waals surface area contributed by atoms with Crippen LogP contribution in [0.1, 0.15) is 0 Å². The molecule has 0 radical (unpaired) electrons. The van der Waals surface area contributed by atoms with Crippen molar-refractivity contribution in [2.45, 2.75) is 0 Å². The van der Waals surface area contributed by atoms with E-state index in [4.69, 9.17) is 4.42 Å². The zero-order valence-corrected chi connectivity index (χ0v) is 25.6. The van der Waals surface area contributed by atoms with Gasteiger partial charge in [-0.2, -0.15) is 0 Å². The lowest BCUT2D eigenvalue weighted by Crippen LogP contribution is -1.93. The van der Waals surface area contributed by atoms with E-state index in [2.05, 4.69) is 158 Å². The monoisotopic (exact) mass is 596 g/mol. The van der Waals surface area contributed by atoms with Gasteiger partial charge in [-0.25, -0.2) is 0 Å². The van der Waals surface area contributed by atoms with Crippen molar-refractivity contribution in [2.75, 3.05) is 0 Å². The van der Waals surface area contributed by atoms with Crippen LogP contribution in [-0.4, -0.2) is 0 Å². The maximum Gasteiger partial charge on any atom is 0.136 e. The van der Waals surface area contributed by atoms with Gasteiger partial charge < -0.3 is 4.42 Å². The molecule has 10 aromatic rings. The molecule has 218 valence electrons. The summed E-state index contributed by atoms with van der Waals surface area (Å²) in [5.74, 6) is 0. The molecule has 0 saturated heterocycles. The third-order valence-electron chi connectivity index (χ3n) is 9.85. The van der Waals surface area contributed by atoms with E-state index >= 15 is 0 Å². The number of furan rings is 1. The van der Waals surface area contributed by atoms with E-state index in [1.807, 2.05) is 12.1 Å². The van der Waals surface area contributed by atoms with Gasteiger partial charge in [0.1, 0.15) is 11.2 Å². The Bertz CT molecular complexity index is 2780. The minimum absolute atomic E-state index is 0.912. The zero-order valence-electron chi connectivity index (χ0n) is 25.6. The first-order valence-corrected chi connectivity index (χ1v) is 16.2. The van der Waals surface area contributed by atoms with Crippen molar-refractivity contribution in [3.05, 3.63) is 170 Å². The Kier molecular flexibility index (Phi) is 5.64. The van der Waals surface area contributed by atoms with E-state index in [1.165, 1.54) is 70.9 Å². The van der Waals surface area contributed by atoms with E-state index in [0.29, 0.717) is 0 Å². The fraction of sp³-hybridized carbons (Fsp3) is 0. The molecule has 0 fully saturated rings. The summed E-state index contributed by atoms with van der Waals surface area (Å²) in [6.45, 7) is 0.